The van der Waals surface area contributed by atoms with Crippen molar-refractivity contribution in [3.05, 3.63) is 42.2 Å². The number of benzene rings is 1. The summed E-state index contributed by atoms with van der Waals surface area (Å²) >= 11 is 0. The molecule has 1 amide bonds. The van der Waals surface area contributed by atoms with Crippen LogP contribution in [0.2, 0.25) is 0 Å². The van der Waals surface area contributed by atoms with Gasteiger partial charge in [-0.1, -0.05) is 31.2 Å². The Balaban J connectivity index is 2.38. The maximum Gasteiger partial charge on any atom is 0.270 e. The molecule has 0 radical (unpaired) electrons. The van der Waals surface area contributed by atoms with Crippen molar-refractivity contribution in [2.24, 2.45) is 0 Å². The Labute approximate surface area is 101 Å². The summed E-state index contributed by atoms with van der Waals surface area (Å²) < 4.78 is 0. The van der Waals surface area contributed by atoms with E-state index in [1.54, 1.807) is 6.20 Å². The first-order chi connectivity index (χ1) is 8.22. The SMILES string of the molecule is CCC(C)NC(=O)c1nccc2ccccc12. The van der Waals surface area contributed by atoms with E-state index in [-0.39, 0.29) is 11.9 Å². The highest BCUT2D eigenvalue weighted by atomic mass is 16.1. The van der Waals surface area contributed by atoms with Crippen LogP contribution in [0.5, 0.6) is 0 Å². The average Bonchev–Trinajstić information content (AvgIpc) is 2.37. The van der Waals surface area contributed by atoms with Crippen molar-refractivity contribution in [3.8, 4) is 0 Å². The van der Waals surface area contributed by atoms with Crippen LogP contribution >= 0.6 is 0 Å². The van der Waals surface area contributed by atoms with E-state index in [1.165, 1.54) is 0 Å². The van der Waals surface area contributed by atoms with Gasteiger partial charge in [-0.25, -0.2) is 0 Å². The largest absolute Gasteiger partial charge is 0.348 e. The lowest BCUT2D eigenvalue weighted by Crippen LogP contribution is -2.32. The molecule has 1 aromatic carbocycles. The fourth-order valence-electron chi connectivity index (χ4n) is 1.69. The molecule has 1 aromatic heterocycles. The molecular weight excluding hydrogens is 212 g/mol. The normalized spacial score (nSPS) is 12.4. The zero-order chi connectivity index (χ0) is 12.3. The van der Waals surface area contributed by atoms with E-state index in [1.807, 2.05) is 44.2 Å². The molecule has 0 aliphatic heterocycles. The number of hydrogen-bond acceptors (Lipinski definition) is 2. The summed E-state index contributed by atoms with van der Waals surface area (Å²) in [5, 5.41) is 4.87. The molecule has 2 rings (SSSR count). The fraction of sp³-hybridized carbons (Fsp3) is 0.286. The van der Waals surface area contributed by atoms with Crippen LogP contribution in [0, 0.1) is 0 Å². The highest BCUT2D eigenvalue weighted by Gasteiger charge is 2.12. The molecule has 3 nitrogen and oxygen atoms in total. The molecule has 0 aliphatic rings. The number of amides is 1. The lowest BCUT2D eigenvalue weighted by atomic mass is 10.1. The predicted molar refractivity (Wildman–Crippen MR) is 69.0 cm³/mol. The molecule has 2 aromatic rings. The van der Waals surface area contributed by atoms with E-state index in [4.69, 9.17) is 0 Å². The zero-order valence-corrected chi connectivity index (χ0v) is 10.1. The van der Waals surface area contributed by atoms with E-state index in [0.717, 1.165) is 17.2 Å². The highest BCUT2D eigenvalue weighted by Crippen LogP contribution is 2.16. The van der Waals surface area contributed by atoms with Crippen LogP contribution in [0.4, 0.5) is 0 Å². The summed E-state index contributed by atoms with van der Waals surface area (Å²) in [4.78, 5) is 16.2. The number of pyridine rings is 1. The molecule has 3 heteroatoms. The Morgan fingerprint density at radius 3 is 2.88 bits per heavy atom. The first-order valence-corrected chi connectivity index (χ1v) is 5.87. The molecule has 88 valence electrons. The van der Waals surface area contributed by atoms with Crippen LogP contribution in [0.1, 0.15) is 30.8 Å². The van der Waals surface area contributed by atoms with Gasteiger partial charge in [0.15, 0.2) is 0 Å². The Morgan fingerprint density at radius 2 is 2.12 bits per heavy atom. The molecule has 0 aliphatic carbocycles. The first kappa shape index (κ1) is 11.6. The van der Waals surface area contributed by atoms with Gasteiger partial charge in [0.2, 0.25) is 0 Å². The first-order valence-electron chi connectivity index (χ1n) is 5.87. The van der Waals surface area contributed by atoms with Crippen LogP contribution in [0.25, 0.3) is 10.8 Å². The summed E-state index contributed by atoms with van der Waals surface area (Å²) in [5.74, 6) is -0.101. The molecule has 0 saturated heterocycles. The Morgan fingerprint density at radius 1 is 1.35 bits per heavy atom. The molecule has 0 bridgehead atoms. The Kier molecular flexibility index (Phi) is 3.38. The van der Waals surface area contributed by atoms with Crippen molar-refractivity contribution in [3.63, 3.8) is 0 Å². The minimum atomic E-state index is -0.101. The van der Waals surface area contributed by atoms with Gasteiger partial charge < -0.3 is 5.32 Å². The maximum absolute atomic E-state index is 12.1. The van der Waals surface area contributed by atoms with Gasteiger partial charge in [0.1, 0.15) is 5.69 Å². The van der Waals surface area contributed by atoms with Gasteiger partial charge in [-0.2, -0.15) is 0 Å². The van der Waals surface area contributed by atoms with Crippen LogP contribution in [-0.2, 0) is 0 Å². The quantitative estimate of drug-likeness (QED) is 0.877. The van der Waals surface area contributed by atoms with Gasteiger partial charge >= 0.3 is 0 Å². The third-order valence-electron chi connectivity index (χ3n) is 2.88. The number of carbonyl (C=O) groups excluding carboxylic acids is 1. The van der Waals surface area contributed by atoms with Gasteiger partial charge in [0.05, 0.1) is 0 Å². The van der Waals surface area contributed by atoms with Gasteiger partial charge in [-0.15, -0.1) is 0 Å². The average molecular weight is 228 g/mol. The third kappa shape index (κ3) is 2.44. The van der Waals surface area contributed by atoms with Crippen molar-refractivity contribution in [1.29, 1.82) is 0 Å². The summed E-state index contributed by atoms with van der Waals surface area (Å²) in [6, 6.07) is 9.87. The zero-order valence-electron chi connectivity index (χ0n) is 10.1. The van der Waals surface area contributed by atoms with E-state index in [9.17, 15) is 4.79 Å². The number of nitrogens with zero attached hydrogens (tertiary/aromatic N) is 1. The molecule has 0 fully saturated rings. The fourth-order valence-corrected chi connectivity index (χ4v) is 1.69. The third-order valence-corrected chi connectivity index (χ3v) is 2.88. The van der Waals surface area contributed by atoms with Gasteiger partial charge in [0, 0.05) is 17.6 Å². The van der Waals surface area contributed by atoms with Crippen molar-refractivity contribution >= 4 is 16.7 Å². The molecule has 1 unspecified atom stereocenters. The minimum Gasteiger partial charge on any atom is -0.348 e. The Bertz CT molecular complexity index is 531. The van der Waals surface area contributed by atoms with Crippen LogP contribution in [0.3, 0.4) is 0 Å². The summed E-state index contributed by atoms with van der Waals surface area (Å²) in [6.45, 7) is 4.03. The van der Waals surface area contributed by atoms with E-state index < -0.39 is 0 Å². The standard InChI is InChI=1S/C14H16N2O/c1-3-10(2)16-14(17)13-12-7-5-4-6-11(12)8-9-15-13/h4-10H,3H2,1-2H3,(H,16,17). The highest BCUT2D eigenvalue weighted by molar-refractivity contribution is 6.05. The van der Waals surface area contributed by atoms with E-state index in [2.05, 4.69) is 10.3 Å². The second-order valence-electron chi connectivity index (χ2n) is 4.16. The Hall–Kier alpha value is -1.90. The maximum atomic E-state index is 12.1. The number of rotatable bonds is 3. The molecule has 0 spiro atoms. The number of carbonyl (C=O) groups is 1. The number of aromatic nitrogens is 1. The van der Waals surface area contributed by atoms with Crippen molar-refractivity contribution in [2.45, 2.75) is 26.3 Å². The number of hydrogen-bond donors (Lipinski definition) is 1. The van der Waals surface area contributed by atoms with Crippen LogP contribution < -0.4 is 5.32 Å². The summed E-state index contributed by atoms with van der Waals surface area (Å²) in [7, 11) is 0. The second-order valence-corrected chi connectivity index (χ2v) is 4.16. The monoisotopic (exact) mass is 228 g/mol. The topological polar surface area (TPSA) is 42.0 Å². The van der Waals surface area contributed by atoms with Gasteiger partial charge in [0.25, 0.3) is 5.91 Å². The van der Waals surface area contributed by atoms with Gasteiger partial charge in [-0.3, -0.25) is 9.78 Å². The van der Waals surface area contributed by atoms with Crippen molar-refractivity contribution in [1.82, 2.24) is 10.3 Å². The number of fused-ring (bicyclic) bond motifs is 1. The lowest BCUT2D eigenvalue weighted by Gasteiger charge is -2.11. The number of nitrogens with one attached hydrogen (secondary N) is 1. The minimum absolute atomic E-state index is 0.101. The molecule has 1 atom stereocenters. The molecule has 17 heavy (non-hydrogen) atoms. The smallest absolute Gasteiger partial charge is 0.270 e. The lowest BCUT2D eigenvalue weighted by molar-refractivity contribution is 0.0936. The van der Waals surface area contributed by atoms with Crippen molar-refractivity contribution in [2.75, 3.05) is 0 Å². The molecule has 1 heterocycles. The second kappa shape index (κ2) is 4.95. The van der Waals surface area contributed by atoms with E-state index in [0.29, 0.717) is 5.69 Å². The molecule has 1 N–H and O–H groups in total. The van der Waals surface area contributed by atoms with E-state index >= 15 is 0 Å². The summed E-state index contributed by atoms with van der Waals surface area (Å²) in [5.41, 5.74) is 0.503. The summed E-state index contributed by atoms with van der Waals surface area (Å²) in [6.07, 6.45) is 2.59. The molecular formula is C14H16N2O. The van der Waals surface area contributed by atoms with Gasteiger partial charge in [-0.05, 0) is 24.8 Å². The molecule has 0 saturated carbocycles. The van der Waals surface area contributed by atoms with Crippen LogP contribution in [-0.4, -0.2) is 16.9 Å². The van der Waals surface area contributed by atoms with Crippen LogP contribution in [0.15, 0.2) is 36.5 Å². The van der Waals surface area contributed by atoms with Crippen molar-refractivity contribution < 1.29 is 4.79 Å². The predicted octanol–water partition coefficient (Wildman–Crippen LogP) is 2.76.